The lowest BCUT2D eigenvalue weighted by Crippen LogP contribution is -1.95. The van der Waals surface area contributed by atoms with E-state index in [1.54, 1.807) is 24.2 Å². The number of fused-ring (bicyclic) bond motifs is 1. The Morgan fingerprint density at radius 3 is 2.88 bits per heavy atom. The van der Waals surface area contributed by atoms with E-state index in [1.165, 1.54) is 5.56 Å². The number of hydrogen-bond donors (Lipinski definition) is 0. The lowest BCUT2D eigenvalue weighted by atomic mass is 10.3. The zero-order valence-electron chi connectivity index (χ0n) is 13.4. The van der Waals surface area contributed by atoms with E-state index in [-0.39, 0.29) is 0 Å². The van der Waals surface area contributed by atoms with Crippen molar-refractivity contribution in [1.82, 2.24) is 29.1 Å². The van der Waals surface area contributed by atoms with Crippen molar-refractivity contribution in [3.05, 3.63) is 60.3 Å². The molecule has 0 fully saturated rings. The minimum Gasteiger partial charge on any atom is -0.307 e. The van der Waals surface area contributed by atoms with Crippen LogP contribution in [0.2, 0.25) is 0 Å². The van der Waals surface area contributed by atoms with Crippen molar-refractivity contribution in [2.45, 2.75) is 17.8 Å². The molecule has 4 rings (SSSR count). The van der Waals surface area contributed by atoms with Gasteiger partial charge in [-0.25, -0.2) is 4.98 Å². The highest BCUT2D eigenvalue weighted by molar-refractivity contribution is 7.98. The molecule has 4 aromatic rings. The fourth-order valence-electron chi connectivity index (χ4n) is 2.60. The summed E-state index contributed by atoms with van der Waals surface area (Å²) in [6.45, 7) is 2.07. The van der Waals surface area contributed by atoms with Crippen LogP contribution in [0.1, 0.15) is 11.3 Å². The number of pyridine rings is 2. The summed E-state index contributed by atoms with van der Waals surface area (Å²) >= 11 is 1.63. The van der Waals surface area contributed by atoms with Crippen LogP contribution in [0.5, 0.6) is 0 Å². The van der Waals surface area contributed by atoms with Crippen molar-refractivity contribution in [2.75, 3.05) is 0 Å². The van der Waals surface area contributed by atoms with Crippen molar-refractivity contribution in [3.63, 3.8) is 0 Å². The topological polar surface area (TPSA) is 60.9 Å². The number of aryl methyl sites for hydroxylation is 1. The third-order valence-electron chi connectivity index (χ3n) is 3.83. The highest BCUT2D eigenvalue weighted by Crippen LogP contribution is 2.25. The summed E-state index contributed by atoms with van der Waals surface area (Å²) in [5.41, 5.74) is 4.16. The fourth-order valence-corrected chi connectivity index (χ4v) is 3.39. The molecule has 120 valence electrons. The van der Waals surface area contributed by atoms with Crippen LogP contribution in [-0.4, -0.2) is 29.1 Å². The highest BCUT2D eigenvalue weighted by atomic mass is 32.2. The monoisotopic (exact) mass is 336 g/mol. The third-order valence-corrected chi connectivity index (χ3v) is 4.89. The first-order valence-corrected chi connectivity index (χ1v) is 8.57. The van der Waals surface area contributed by atoms with Gasteiger partial charge in [-0.15, -0.1) is 10.2 Å². The first kappa shape index (κ1) is 14.9. The molecule has 0 atom stereocenters. The maximum atomic E-state index is 4.70. The highest BCUT2D eigenvalue weighted by Gasteiger charge is 2.12. The molecule has 24 heavy (non-hydrogen) atoms. The van der Waals surface area contributed by atoms with Gasteiger partial charge in [0.25, 0.3) is 0 Å². The van der Waals surface area contributed by atoms with Crippen LogP contribution < -0.4 is 0 Å². The molecule has 6 nitrogen and oxygen atoms in total. The van der Waals surface area contributed by atoms with Crippen molar-refractivity contribution < 1.29 is 0 Å². The fraction of sp³-hybridized carbons (Fsp3) is 0.176. The van der Waals surface area contributed by atoms with Gasteiger partial charge < -0.3 is 8.97 Å². The van der Waals surface area contributed by atoms with Crippen molar-refractivity contribution in [3.8, 4) is 11.4 Å². The first-order valence-electron chi connectivity index (χ1n) is 7.58. The quantitative estimate of drug-likeness (QED) is 0.536. The molecule has 0 N–H and O–H groups in total. The van der Waals surface area contributed by atoms with Crippen LogP contribution in [-0.2, 0) is 12.8 Å². The van der Waals surface area contributed by atoms with Gasteiger partial charge in [-0.2, -0.15) is 0 Å². The number of aromatic nitrogens is 6. The summed E-state index contributed by atoms with van der Waals surface area (Å²) in [5.74, 6) is 1.57. The summed E-state index contributed by atoms with van der Waals surface area (Å²) in [5, 5.41) is 9.44. The minimum absolute atomic E-state index is 0.750. The van der Waals surface area contributed by atoms with E-state index in [9.17, 15) is 0 Å². The lowest BCUT2D eigenvalue weighted by Gasteiger charge is -2.02. The summed E-state index contributed by atoms with van der Waals surface area (Å²) in [6, 6.07) is 7.98. The average Bonchev–Trinajstić information content (AvgIpc) is 3.18. The summed E-state index contributed by atoms with van der Waals surface area (Å²) in [7, 11) is 1.97. The van der Waals surface area contributed by atoms with E-state index in [0.717, 1.165) is 33.6 Å². The number of hydrogen-bond acceptors (Lipinski definition) is 5. The molecule has 0 saturated carbocycles. The van der Waals surface area contributed by atoms with Crippen LogP contribution >= 0.6 is 11.8 Å². The zero-order chi connectivity index (χ0) is 16.5. The van der Waals surface area contributed by atoms with E-state index < -0.39 is 0 Å². The van der Waals surface area contributed by atoms with Crippen LogP contribution in [0, 0.1) is 6.92 Å². The molecule has 0 bridgehead atoms. The zero-order valence-corrected chi connectivity index (χ0v) is 14.2. The SMILES string of the molecule is Cc1cccn2cc(CSc3nnc(-c4cccnc4)n3C)nc12. The first-order chi connectivity index (χ1) is 11.7. The summed E-state index contributed by atoms with van der Waals surface area (Å²) in [4.78, 5) is 8.83. The van der Waals surface area contributed by atoms with Crippen molar-refractivity contribution in [1.29, 1.82) is 0 Å². The third kappa shape index (κ3) is 2.67. The van der Waals surface area contributed by atoms with Gasteiger partial charge >= 0.3 is 0 Å². The molecule has 0 aliphatic rings. The maximum absolute atomic E-state index is 4.70. The van der Waals surface area contributed by atoms with E-state index >= 15 is 0 Å². The smallest absolute Gasteiger partial charge is 0.191 e. The molecule has 0 saturated heterocycles. The molecule has 7 heteroatoms. The molecule has 0 spiro atoms. The molecule has 4 aromatic heterocycles. The molecular weight excluding hydrogens is 320 g/mol. The van der Waals surface area contributed by atoms with Gasteiger partial charge in [-0.05, 0) is 30.7 Å². The van der Waals surface area contributed by atoms with E-state index in [2.05, 4.69) is 38.8 Å². The summed E-state index contributed by atoms with van der Waals surface area (Å²) < 4.78 is 4.05. The van der Waals surface area contributed by atoms with Crippen molar-refractivity contribution >= 4 is 17.4 Å². The Balaban J connectivity index is 1.55. The van der Waals surface area contributed by atoms with E-state index in [0.29, 0.717) is 0 Å². The Labute approximate surface area is 143 Å². The van der Waals surface area contributed by atoms with Gasteiger partial charge in [-0.3, -0.25) is 4.98 Å². The van der Waals surface area contributed by atoms with Crippen molar-refractivity contribution in [2.24, 2.45) is 7.05 Å². The normalized spacial score (nSPS) is 11.2. The Hall–Kier alpha value is -2.67. The van der Waals surface area contributed by atoms with Gasteiger partial charge in [0.15, 0.2) is 11.0 Å². The summed E-state index contributed by atoms with van der Waals surface area (Å²) in [6.07, 6.45) is 7.63. The Bertz CT molecular complexity index is 989. The average molecular weight is 336 g/mol. The van der Waals surface area contributed by atoms with E-state index in [4.69, 9.17) is 4.98 Å². The van der Waals surface area contributed by atoms with Gasteiger partial charge in [0.1, 0.15) is 5.65 Å². The van der Waals surface area contributed by atoms with Gasteiger partial charge in [0.05, 0.1) is 5.69 Å². The van der Waals surface area contributed by atoms with Crippen LogP contribution in [0.15, 0.2) is 54.2 Å². The number of thioether (sulfide) groups is 1. The predicted molar refractivity (Wildman–Crippen MR) is 93.7 cm³/mol. The lowest BCUT2D eigenvalue weighted by molar-refractivity contribution is 0.793. The van der Waals surface area contributed by atoms with E-state index in [1.807, 2.05) is 36.0 Å². The minimum atomic E-state index is 0.750. The Morgan fingerprint density at radius 1 is 1.17 bits per heavy atom. The predicted octanol–water partition coefficient (Wildman–Crippen LogP) is 3.13. The van der Waals surface area contributed by atoms with Crippen LogP contribution in [0.3, 0.4) is 0 Å². The van der Waals surface area contributed by atoms with Crippen LogP contribution in [0.4, 0.5) is 0 Å². The molecule has 0 radical (unpaired) electrons. The largest absolute Gasteiger partial charge is 0.307 e. The molecule has 0 aromatic carbocycles. The molecule has 4 heterocycles. The number of imidazole rings is 1. The molecule has 0 amide bonds. The molecule has 0 aliphatic carbocycles. The second kappa shape index (κ2) is 6.09. The van der Waals surface area contributed by atoms with Crippen LogP contribution in [0.25, 0.3) is 17.0 Å². The maximum Gasteiger partial charge on any atom is 0.191 e. The van der Waals surface area contributed by atoms with Gasteiger partial charge in [0.2, 0.25) is 0 Å². The van der Waals surface area contributed by atoms with Gasteiger partial charge in [0, 0.05) is 43.2 Å². The second-order valence-corrected chi connectivity index (χ2v) is 6.49. The standard InChI is InChI=1S/C17H16N6S/c1-12-5-4-8-23-10-14(19-15(12)23)11-24-17-21-20-16(22(17)2)13-6-3-7-18-9-13/h3-10H,11H2,1-2H3. The molecule has 0 unspecified atom stereocenters. The second-order valence-electron chi connectivity index (χ2n) is 5.55. The number of nitrogens with zero attached hydrogens (tertiary/aromatic N) is 6. The number of rotatable bonds is 4. The molecule has 0 aliphatic heterocycles. The Morgan fingerprint density at radius 2 is 2.08 bits per heavy atom. The Kier molecular flexibility index (Phi) is 3.78. The van der Waals surface area contributed by atoms with Gasteiger partial charge in [-0.1, -0.05) is 17.8 Å². The molecular formula is C17H16N6S.